The van der Waals surface area contributed by atoms with Crippen LogP contribution in [0.15, 0.2) is 15.0 Å². The van der Waals surface area contributed by atoms with Crippen molar-refractivity contribution in [2.75, 3.05) is 0 Å². The molecule has 0 radical (unpaired) electrons. The number of fused-ring (bicyclic) bond motifs is 1. The molecule has 2 aromatic rings. The maximum absolute atomic E-state index is 12.6. The number of amides is 1. The first kappa shape index (κ1) is 14.9. The van der Waals surface area contributed by atoms with Crippen LogP contribution in [0.25, 0.3) is 0 Å². The summed E-state index contributed by atoms with van der Waals surface area (Å²) in [6.45, 7) is 9.88. The summed E-state index contributed by atoms with van der Waals surface area (Å²) in [4.78, 5) is 12.6. The highest BCUT2D eigenvalue weighted by molar-refractivity contribution is 5.96. The maximum atomic E-state index is 12.6. The predicted octanol–water partition coefficient (Wildman–Crippen LogP) is 3.64. The van der Waals surface area contributed by atoms with E-state index in [9.17, 15) is 4.79 Å². The van der Waals surface area contributed by atoms with Crippen LogP contribution < -0.4 is 5.32 Å². The Hall–Kier alpha value is -2.04. The van der Waals surface area contributed by atoms with E-state index in [0.717, 1.165) is 29.9 Å². The molecule has 22 heavy (non-hydrogen) atoms. The summed E-state index contributed by atoms with van der Waals surface area (Å²) in [7, 11) is 0. The van der Waals surface area contributed by atoms with Crippen LogP contribution >= 0.6 is 0 Å². The number of carbonyl (C=O) groups is 1. The molecule has 0 bridgehead atoms. The van der Waals surface area contributed by atoms with Crippen LogP contribution in [0.2, 0.25) is 0 Å². The summed E-state index contributed by atoms with van der Waals surface area (Å²) in [5.41, 5.74) is 2.34. The van der Waals surface area contributed by atoms with Crippen LogP contribution in [0.3, 0.4) is 0 Å². The zero-order valence-electron chi connectivity index (χ0n) is 13.7. The number of nitrogens with zero attached hydrogens (tertiary/aromatic N) is 1. The lowest BCUT2D eigenvalue weighted by atomic mass is 9.74. The van der Waals surface area contributed by atoms with E-state index in [2.05, 4.69) is 24.3 Å². The first-order valence-corrected chi connectivity index (χ1v) is 7.60. The number of hydrogen-bond donors (Lipinski definition) is 1. The molecule has 0 spiro atoms. The lowest BCUT2D eigenvalue weighted by Crippen LogP contribution is -2.36. The monoisotopic (exact) mass is 302 g/mol. The molecule has 0 unspecified atom stereocenters. The van der Waals surface area contributed by atoms with Gasteiger partial charge in [0, 0.05) is 12.0 Å². The van der Waals surface area contributed by atoms with Crippen LogP contribution in [0.1, 0.15) is 65.2 Å². The number of aromatic nitrogens is 1. The molecule has 0 saturated heterocycles. The van der Waals surface area contributed by atoms with E-state index in [1.165, 1.54) is 0 Å². The average molecular weight is 302 g/mol. The van der Waals surface area contributed by atoms with Gasteiger partial charge in [0.2, 0.25) is 0 Å². The summed E-state index contributed by atoms with van der Waals surface area (Å²) in [6, 6.07) is 1.99. The fraction of sp³-hybridized carbons (Fsp3) is 0.529. The van der Waals surface area contributed by atoms with E-state index in [1.807, 2.05) is 13.0 Å². The second kappa shape index (κ2) is 5.00. The second-order valence-electron chi connectivity index (χ2n) is 7.01. The van der Waals surface area contributed by atoms with E-state index in [-0.39, 0.29) is 17.4 Å². The number of nitrogens with one attached hydrogen (secondary N) is 1. The molecular formula is C17H22N2O3. The van der Waals surface area contributed by atoms with Gasteiger partial charge in [0.05, 0.1) is 11.7 Å². The van der Waals surface area contributed by atoms with Gasteiger partial charge in [-0.05, 0) is 38.7 Å². The van der Waals surface area contributed by atoms with Crippen LogP contribution in [0.5, 0.6) is 0 Å². The third-order valence-corrected chi connectivity index (χ3v) is 4.30. The van der Waals surface area contributed by atoms with Crippen LogP contribution in [-0.2, 0) is 6.42 Å². The summed E-state index contributed by atoms with van der Waals surface area (Å²) in [5, 5.41) is 6.98. The molecule has 0 saturated carbocycles. The third-order valence-electron chi connectivity index (χ3n) is 4.30. The van der Waals surface area contributed by atoms with Crippen LogP contribution in [0, 0.1) is 26.2 Å². The van der Waals surface area contributed by atoms with E-state index >= 15 is 0 Å². The minimum absolute atomic E-state index is 0.0441. The fourth-order valence-electron chi connectivity index (χ4n) is 3.35. The van der Waals surface area contributed by atoms with E-state index in [4.69, 9.17) is 8.94 Å². The molecule has 2 heterocycles. The van der Waals surface area contributed by atoms with Crippen molar-refractivity contribution >= 4 is 5.91 Å². The summed E-state index contributed by atoms with van der Waals surface area (Å²) >= 11 is 0. The van der Waals surface area contributed by atoms with Crippen molar-refractivity contribution < 1.29 is 13.7 Å². The van der Waals surface area contributed by atoms with E-state index in [1.54, 1.807) is 13.8 Å². The van der Waals surface area contributed by atoms with Crippen molar-refractivity contribution in [1.29, 1.82) is 0 Å². The Balaban J connectivity index is 1.90. The van der Waals surface area contributed by atoms with Gasteiger partial charge in [-0.2, -0.15) is 0 Å². The third kappa shape index (κ3) is 2.56. The number of rotatable bonds is 2. The van der Waals surface area contributed by atoms with Gasteiger partial charge in [-0.15, -0.1) is 0 Å². The zero-order valence-corrected chi connectivity index (χ0v) is 13.7. The Morgan fingerprint density at radius 3 is 2.73 bits per heavy atom. The smallest absolute Gasteiger partial charge is 0.257 e. The Kier molecular flexibility index (Phi) is 3.38. The molecule has 1 aliphatic carbocycles. The molecule has 5 nitrogen and oxygen atoms in total. The van der Waals surface area contributed by atoms with Gasteiger partial charge in [0.15, 0.2) is 0 Å². The highest BCUT2D eigenvalue weighted by Crippen LogP contribution is 2.42. The number of aryl methyl sites for hydroxylation is 3. The number of furan rings is 1. The van der Waals surface area contributed by atoms with Crippen LogP contribution in [0.4, 0.5) is 0 Å². The quantitative estimate of drug-likeness (QED) is 0.919. The molecule has 118 valence electrons. The molecule has 5 heteroatoms. The lowest BCUT2D eigenvalue weighted by molar-refractivity contribution is 0.0915. The van der Waals surface area contributed by atoms with E-state index in [0.29, 0.717) is 17.0 Å². The van der Waals surface area contributed by atoms with Gasteiger partial charge in [-0.1, -0.05) is 19.0 Å². The van der Waals surface area contributed by atoms with Crippen molar-refractivity contribution in [3.63, 3.8) is 0 Å². The molecule has 1 amide bonds. The van der Waals surface area contributed by atoms with Gasteiger partial charge < -0.3 is 14.3 Å². The Labute approximate surface area is 130 Å². The number of carbonyl (C=O) groups excluding carboxylic acids is 1. The lowest BCUT2D eigenvalue weighted by Gasteiger charge is -2.34. The summed E-state index contributed by atoms with van der Waals surface area (Å²) in [5.74, 6) is 2.29. The van der Waals surface area contributed by atoms with Gasteiger partial charge in [0.1, 0.15) is 22.8 Å². The number of hydrogen-bond acceptors (Lipinski definition) is 4. The average Bonchev–Trinajstić information content (AvgIpc) is 2.90. The molecule has 1 aliphatic rings. The van der Waals surface area contributed by atoms with Gasteiger partial charge >= 0.3 is 0 Å². The SMILES string of the molecule is Cc1cc2c(o1)CC(C)(C)C[C@H]2NC(=O)c1c(C)noc1C. The topological polar surface area (TPSA) is 68.3 Å². The highest BCUT2D eigenvalue weighted by Gasteiger charge is 2.36. The first-order chi connectivity index (χ1) is 10.3. The molecule has 3 rings (SSSR count). The molecule has 0 fully saturated rings. The molecule has 1 N–H and O–H groups in total. The second-order valence-corrected chi connectivity index (χ2v) is 7.01. The van der Waals surface area contributed by atoms with E-state index < -0.39 is 0 Å². The predicted molar refractivity (Wildman–Crippen MR) is 81.7 cm³/mol. The first-order valence-electron chi connectivity index (χ1n) is 7.60. The minimum atomic E-state index is -0.135. The van der Waals surface area contributed by atoms with Crippen molar-refractivity contribution in [3.8, 4) is 0 Å². The summed E-state index contributed by atoms with van der Waals surface area (Å²) in [6.07, 6.45) is 1.78. The molecule has 0 aromatic carbocycles. The Bertz CT molecular complexity index is 705. The zero-order chi connectivity index (χ0) is 16.1. The molecule has 2 aromatic heterocycles. The largest absolute Gasteiger partial charge is 0.466 e. The van der Waals surface area contributed by atoms with Gasteiger partial charge in [-0.3, -0.25) is 4.79 Å². The Morgan fingerprint density at radius 2 is 2.09 bits per heavy atom. The Morgan fingerprint density at radius 1 is 1.36 bits per heavy atom. The van der Waals surface area contributed by atoms with Crippen molar-refractivity contribution in [2.45, 2.75) is 53.5 Å². The molecular weight excluding hydrogens is 280 g/mol. The standard InChI is InChI=1S/C17H22N2O3/c1-9-6-12-13(7-17(4,5)8-14(12)21-9)18-16(20)15-10(2)19-22-11(15)3/h6,13H,7-8H2,1-5H3,(H,18,20)/t13-/m1/s1. The minimum Gasteiger partial charge on any atom is -0.466 e. The highest BCUT2D eigenvalue weighted by atomic mass is 16.5. The van der Waals surface area contributed by atoms with Crippen LogP contribution in [-0.4, -0.2) is 11.1 Å². The normalized spacial score (nSPS) is 19.8. The maximum Gasteiger partial charge on any atom is 0.257 e. The molecule has 1 atom stereocenters. The van der Waals surface area contributed by atoms with Crippen molar-refractivity contribution in [2.24, 2.45) is 5.41 Å². The summed E-state index contributed by atoms with van der Waals surface area (Å²) < 4.78 is 10.9. The fourth-order valence-corrected chi connectivity index (χ4v) is 3.35. The molecule has 0 aliphatic heterocycles. The van der Waals surface area contributed by atoms with Crippen molar-refractivity contribution in [3.05, 3.63) is 40.2 Å². The van der Waals surface area contributed by atoms with Gasteiger partial charge in [0.25, 0.3) is 5.91 Å². The van der Waals surface area contributed by atoms with Gasteiger partial charge in [-0.25, -0.2) is 0 Å². The van der Waals surface area contributed by atoms with Crippen molar-refractivity contribution in [1.82, 2.24) is 10.5 Å².